The quantitative estimate of drug-likeness (QED) is 0.737. The van der Waals surface area contributed by atoms with Crippen LogP contribution in [-0.4, -0.2) is 55.4 Å². The van der Waals surface area contributed by atoms with Crippen LogP contribution in [0, 0.1) is 11.8 Å². The molecular weight excluding hydrogens is 334 g/mol. The molecule has 0 amide bonds. The van der Waals surface area contributed by atoms with E-state index in [1.54, 1.807) is 0 Å². The Morgan fingerprint density at radius 2 is 1.78 bits per heavy atom. The van der Waals surface area contributed by atoms with Crippen LogP contribution in [0.1, 0.15) is 57.4 Å². The van der Waals surface area contributed by atoms with Gasteiger partial charge in [0.2, 0.25) is 0 Å². The van der Waals surface area contributed by atoms with Gasteiger partial charge in [-0.15, -0.1) is 0 Å². The molecule has 0 radical (unpaired) electrons. The maximum absolute atomic E-state index is 9.95. The van der Waals surface area contributed by atoms with E-state index in [4.69, 9.17) is 0 Å². The number of fused-ring (bicyclic) bond motifs is 1. The fourth-order valence-electron chi connectivity index (χ4n) is 5.26. The van der Waals surface area contributed by atoms with Crippen molar-refractivity contribution in [1.82, 2.24) is 10.2 Å². The molecule has 152 valence electrons. The summed E-state index contributed by atoms with van der Waals surface area (Å²) in [6.07, 6.45) is 6.26. The van der Waals surface area contributed by atoms with Gasteiger partial charge in [0.1, 0.15) is 0 Å². The van der Waals surface area contributed by atoms with Crippen molar-refractivity contribution in [3.8, 4) is 0 Å². The third-order valence-corrected chi connectivity index (χ3v) is 6.81. The van der Waals surface area contributed by atoms with E-state index in [2.05, 4.69) is 39.8 Å². The monoisotopic (exact) mass is 373 g/mol. The lowest BCUT2D eigenvalue weighted by Gasteiger charge is -2.40. The van der Waals surface area contributed by atoms with Crippen molar-refractivity contribution in [2.75, 3.05) is 44.6 Å². The molecule has 2 saturated heterocycles. The first-order valence-corrected chi connectivity index (χ1v) is 11.2. The van der Waals surface area contributed by atoms with Gasteiger partial charge in [-0.3, -0.25) is 4.90 Å². The standard InChI is InChI=1S/C21H33N3O.C2H6/c25-15-18(13-16-5-9-22-10-6-16)24-11-7-17(8-12-24)20-14-23-21-4-2-1-3-19(20)21;1-2/h1-4,16-18,20,22-23,25H,5-15H2;1-2H3. The molecule has 4 rings (SSSR count). The Labute approximate surface area is 165 Å². The van der Waals surface area contributed by atoms with Crippen LogP contribution in [0.4, 0.5) is 5.69 Å². The number of para-hydroxylation sites is 1. The third kappa shape index (κ3) is 5.04. The van der Waals surface area contributed by atoms with Crippen molar-refractivity contribution >= 4 is 5.69 Å². The van der Waals surface area contributed by atoms with Gasteiger partial charge >= 0.3 is 0 Å². The van der Waals surface area contributed by atoms with Crippen molar-refractivity contribution in [2.24, 2.45) is 11.8 Å². The van der Waals surface area contributed by atoms with E-state index in [0.717, 1.165) is 44.6 Å². The first-order valence-electron chi connectivity index (χ1n) is 11.2. The smallest absolute Gasteiger partial charge is 0.0586 e. The second-order valence-corrected chi connectivity index (χ2v) is 8.21. The molecule has 27 heavy (non-hydrogen) atoms. The fourth-order valence-corrected chi connectivity index (χ4v) is 5.26. The number of piperidine rings is 2. The lowest BCUT2D eigenvalue weighted by atomic mass is 9.80. The maximum atomic E-state index is 9.95. The van der Waals surface area contributed by atoms with E-state index in [1.165, 1.54) is 43.4 Å². The highest BCUT2D eigenvalue weighted by Gasteiger charge is 2.34. The van der Waals surface area contributed by atoms with Crippen molar-refractivity contribution in [3.05, 3.63) is 29.8 Å². The summed E-state index contributed by atoms with van der Waals surface area (Å²) in [7, 11) is 0. The molecule has 3 N–H and O–H groups in total. The zero-order valence-corrected chi connectivity index (χ0v) is 17.3. The summed E-state index contributed by atoms with van der Waals surface area (Å²) in [6.45, 7) is 10.0. The Balaban J connectivity index is 0.00000102. The fraction of sp³-hybridized carbons (Fsp3) is 0.739. The number of aliphatic hydroxyl groups excluding tert-OH is 1. The van der Waals surface area contributed by atoms with Crippen molar-refractivity contribution in [3.63, 3.8) is 0 Å². The average Bonchev–Trinajstić information content (AvgIpc) is 3.19. The Bertz CT molecular complexity index is 550. The Hall–Kier alpha value is -1.10. The third-order valence-electron chi connectivity index (χ3n) is 6.81. The second-order valence-electron chi connectivity index (χ2n) is 8.21. The van der Waals surface area contributed by atoms with Crippen LogP contribution in [0.3, 0.4) is 0 Å². The molecular formula is C23H39N3O. The minimum atomic E-state index is 0.322. The number of rotatable bonds is 5. The maximum Gasteiger partial charge on any atom is 0.0586 e. The van der Waals surface area contributed by atoms with Crippen LogP contribution in [0.5, 0.6) is 0 Å². The van der Waals surface area contributed by atoms with Crippen molar-refractivity contribution < 1.29 is 5.11 Å². The highest BCUT2D eigenvalue weighted by atomic mass is 16.3. The zero-order chi connectivity index (χ0) is 19.1. The Morgan fingerprint density at radius 1 is 1.07 bits per heavy atom. The van der Waals surface area contributed by atoms with Gasteiger partial charge in [0.05, 0.1) is 6.61 Å². The topological polar surface area (TPSA) is 47.5 Å². The predicted octanol–water partition coefficient (Wildman–Crippen LogP) is 3.68. The molecule has 4 heteroatoms. The number of anilines is 1. The van der Waals surface area contributed by atoms with E-state index in [0.29, 0.717) is 18.6 Å². The first kappa shape index (κ1) is 20.6. The van der Waals surface area contributed by atoms with Gasteiger partial charge in [-0.25, -0.2) is 0 Å². The highest BCUT2D eigenvalue weighted by Crippen LogP contribution is 2.40. The van der Waals surface area contributed by atoms with E-state index < -0.39 is 0 Å². The summed E-state index contributed by atoms with van der Waals surface area (Å²) < 4.78 is 0. The van der Waals surface area contributed by atoms with Crippen LogP contribution >= 0.6 is 0 Å². The minimum absolute atomic E-state index is 0.322. The molecule has 1 aromatic rings. The molecule has 2 unspecified atom stereocenters. The van der Waals surface area contributed by atoms with E-state index in [-0.39, 0.29) is 0 Å². The summed E-state index contributed by atoms with van der Waals surface area (Å²) in [4.78, 5) is 2.58. The summed E-state index contributed by atoms with van der Waals surface area (Å²) in [5.74, 6) is 2.25. The number of likely N-dealkylation sites (tertiary alicyclic amines) is 1. The average molecular weight is 374 g/mol. The molecule has 0 saturated carbocycles. The molecule has 0 spiro atoms. The number of hydrogen-bond donors (Lipinski definition) is 3. The van der Waals surface area contributed by atoms with Crippen LogP contribution in [-0.2, 0) is 0 Å². The summed E-state index contributed by atoms with van der Waals surface area (Å²) >= 11 is 0. The largest absolute Gasteiger partial charge is 0.395 e. The van der Waals surface area contributed by atoms with Gasteiger partial charge in [-0.1, -0.05) is 32.0 Å². The van der Waals surface area contributed by atoms with E-state index in [9.17, 15) is 5.11 Å². The van der Waals surface area contributed by atoms with Crippen LogP contribution < -0.4 is 10.6 Å². The van der Waals surface area contributed by atoms with Gasteiger partial charge in [0, 0.05) is 24.2 Å². The molecule has 2 fully saturated rings. The molecule has 0 aliphatic carbocycles. The van der Waals surface area contributed by atoms with Gasteiger partial charge in [-0.05, 0) is 81.7 Å². The summed E-state index contributed by atoms with van der Waals surface area (Å²) in [5.41, 5.74) is 2.86. The van der Waals surface area contributed by atoms with Crippen LogP contribution in [0.25, 0.3) is 0 Å². The highest BCUT2D eigenvalue weighted by molar-refractivity contribution is 5.57. The summed E-state index contributed by atoms with van der Waals surface area (Å²) in [6, 6.07) is 9.20. The number of aliphatic hydroxyl groups is 1. The van der Waals surface area contributed by atoms with Crippen LogP contribution in [0.2, 0.25) is 0 Å². The van der Waals surface area contributed by atoms with Crippen LogP contribution in [0.15, 0.2) is 24.3 Å². The van der Waals surface area contributed by atoms with Gasteiger partial charge in [0.25, 0.3) is 0 Å². The van der Waals surface area contributed by atoms with Gasteiger partial charge in [-0.2, -0.15) is 0 Å². The Morgan fingerprint density at radius 3 is 2.48 bits per heavy atom. The molecule has 3 aliphatic rings. The zero-order valence-electron chi connectivity index (χ0n) is 17.3. The molecule has 3 heterocycles. The molecule has 2 atom stereocenters. The second kappa shape index (κ2) is 10.4. The lowest BCUT2D eigenvalue weighted by Crippen LogP contribution is -2.45. The van der Waals surface area contributed by atoms with Gasteiger partial charge in [0.15, 0.2) is 0 Å². The lowest BCUT2D eigenvalue weighted by molar-refractivity contribution is 0.0642. The van der Waals surface area contributed by atoms with Crippen molar-refractivity contribution in [1.29, 1.82) is 0 Å². The molecule has 1 aromatic carbocycles. The molecule has 0 bridgehead atoms. The summed E-state index contributed by atoms with van der Waals surface area (Å²) in [5, 5.41) is 17.0. The number of benzene rings is 1. The SMILES string of the molecule is CC.OCC(CC1CCNCC1)N1CCC(C2CNc3ccccc32)CC1. The molecule has 4 nitrogen and oxygen atoms in total. The normalized spacial score (nSPS) is 25.2. The van der Waals surface area contributed by atoms with E-state index in [1.807, 2.05) is 13.8 Å². The number of nitrogens with zero attached hydrogens (tertiary/aromatic N) is 1. The minimum Gasteiger partial charge on any atom is -0.395 e. The Kier molecular flexibility index (Phi) is 7.98. The predicted molar refractivity (Wildman–Crippen MR) is 114 cm³/mol. The number of hydrogen-bond acceptors (Lipinski definition) is 4. The van der Waals surface area contributed by atoms with Gasteiger partial charge < -0.3 is 15.7 Å². The molecule has 0 aromatic heterocycles. The van der Waals surface area contributed by atoms with E-state index >= 15 is 0 Å². The van der Waals surface area contributed by atoms with Crippen molar-refractivity contribution in [2.45, 2.75) is 57.9 Å². The molecule has 3 aliphatic heterocycles. The first-order chi connectivity index (χ1) is 13.3. The number of nitrogens with one attached hydrogen (secondary N) is 2.